The molecule has 0 aromatic heterocycles. The number of fused-ring (bicyclic) bond motifs is 1. The van der Waals surface area contributed by atoms with E-state index in [-0.39, 0.29) is 17.7 Å². The number of anilines is 1. The number of hydrogen-bond donors (Lipinski definition) is 0. The van der Waals surface area contributed by atoms with Gasteiger partial charge in [-0.15, -0.1) is 0 Å². The lowest BCUT2D eigenvalue weighted by molar-refractivity contribution is -0.131. The van der Waals surface area contributed by atoms with Crippen LogP contribution in [0.1, 0.15) is 48.8 Å². The van der Waals surface area contributed by atoms with E-state index < -0.39 is 0 Å². The molecule has 5 rings (SSSR count). The first kappa shape index (κ1) is 28.7. The van der Waals surface area contributed by atoms with Crippen molar-refractivity contribution in [3.8, 4) is 0 Å². The minimum Gasteiger partial charge on any atom is -0.338 e. The number of nitrogens with zero attached hydrogens (tertiary/aromatic N) is 3. The normalized spacial score (nSPS) is 17.1. The molecular weight excluding hydrogens is 541 g/mol. The van der Waals surface area contributed by atoms with E-state index in [2.05, 4.69) is 23.1 Å². The van der Waals surface area contributed by atoms with Gasteiger partial charge in [0.2, 0.25) is 11.8 Å². The molecular formula is C33H37Cl2N3O2. The monoisotopic (exact) mass is 577 g/mol. The van der Waals surface area contributed by atoms with Crippen LogP contribution in [0.15, 0.2) is 72.8 Å². The van der Waals surface area contributed by atoms with Crippen molar-refractivity contribution < 1.29 is 9.59 Å². The molecule has 5 nitrogen and oxygen atoms in total. The Kier molecular flexibility index (Phi) is 9.79. The molecule has 3 aromatic rings. The van der Waals surface area contributed by atoms with E-state index in [1.165, 1.54) is 5.56 Å². The molecule has 0 N–H and O–H groups in total. The van der Waals surface area contributed by atoms with Crippen molar-refractivity contribution in [1.82, 2.24) is 9.80 Å². The number of aryl methyl sites for hydroxylation is 1. The molecule has 0 atom stereocenters. The molecule has 2 aliphatic rings. The molecule has 0 unspecified atom stereocenters. The van der Waals surface area contributed by atoms with Gasteiger partial charge in [0.15, 0.2) is 0 Å². The molecule has 210 valence electrons. The van der Waals surface area contributed by atoms with E-state index in [0.717, 1.165) is 67.2 Å². The van der Waals surface area contributed by atoms with Crippen LogP contribution < -0.4 is 4.90 Å². The standard InChI is InChI=1S/C33H37Cl2N3O2/c34-29-16-11-25(12-17-29)23-36-19-5-21-37(32(39)18-15-26-7-1-3-9-30(26)35)24-28-8-2-4-10-31(28)38(22-6-20-36)33(40)27-13-14-27/h1-4,7-12,16-17,27H,5-6,13-15,18-24H2. The molecule has 1 aliphatic heterocycles. The highest BCUT2D eigenvalue weighted by atomic mass is 35.5. The lowest BCUT2D eigenvalue weighted by Gasteiger charge is -2.32. The minimum atomic E-state index is 0.108. The third-order valence-corrected chi connectivity index (χ3v) is 8.45. The van der Waals surface area contributed by atoms with Gasteiger partial charge >= 0.3 is 0 Å². The molecule has 3 aromatic carbocycles. The zero-order valence-corrected chi connectivity index (χ0v) is 24.4. The fourth-order valence-electron chi connectivity index (χ4n) is 5.46. The van der Waals surface area contributed by atoms with E-state index in [4.69, 9.17) is 23.2 Å². The Hall–Kier alpha value is -2.86. The van der Waals surface area contributed by atoms with Gasteiger partial charge < -0.3 is 9.80 Å². The maximum Gasteiger partial charge on any atom is 0.230 e. The number of benzene rings is 3. The van der Waals surface area contributed by atoms with Gasteiger partial charge in [-0.05, 0) is 73.1 Å². The van der Waals surface area contributed by atoms with Crippen molar-refractivity contribution in [3.63, 3.8) is 0 Å². The first-order valence-corrected chi connectivity index (χ1v) is 15.1. The highest BCUT2D eigenvalue weighted by Gasteiger charge is 2.35. The number of hydrogen-bond acceptors (Lipinski definition) is 3. The second-order valence-corrected chi connectivity index (χ2v) is 11.8. The van der Waals surface area contributed by atoms with E-state index in [0.29, 0.717) is 37.5 Å². The van der Waals surface area contributed by atoms with Gasteiger partial charge in [0.1, 0.15) is 0 Å². The molecule has 0 radical (unpaired) electrons. The molecule has 0 saturated heterocycles. The molecule has 1 fully saturated rings. The maximum atomic E-state index is 13.6. The highest BCUT2D eigenvalue weighted by Crippen LogP contribution is 2.34. The van der Waals surface area contributed by atoms with Crippen LogP contribution in [0, 0.1) is 5.92 Å². The van der Waals surface area contributed by atoms with Crippen LogP contribution in [0.5, 0.6) is 0 Å². The van der Waals surface area contributed by atoms with E-state index in [1.807, 2.05) is 64.4 Å². The Morgan fingerprint density at radius 1 is 0.800 bits per heavy atom. The van der Waals surface area contributed by atoms with Gasteiger partial charge in [-0.1, -0.05) is 71.7 Å². The predicted octanol–water partition coefficient (Wildman–Crippen LogP) is 6.99. The summed E-state index contributed by atoms with van der Waals surface area (Å²) in [6.45, 7) is 4.37. The fourth-order valence-corrected chi connectivity index (χ4v) is 5.82. The van der Waals surface area contributed by atoms with Gasteiger partial charge in [-0.25, -0.2) is 0 Å². The topological polar surface area (TPSA) is 43.9 Å². The Balaban J connectivity index is 1.38. The lowest BCUT2D eigenvalue weighted by Crippen LogP contribution is -2.39. The Morgan fingerprint density at radius 3 is 2.25 bits per heavy atom. The number of carbonyl (C=O) groups excluding carboxylic acids is 2. The zero-order valence-electron chi connectivity index (χ0n) is 22.9. The molecule has 0 spiro atoms. The molecule has 1 aliphatic carbocycles. The summed E-state index contributed by atoms with van der Waals surface area (Å²) in [5.41, 5.74) is 4.16. The van der Waals surface area contributed by atoms with Crippen molar-refractivity contribution in [3.05, 3.63) is 99.5 Å². The summed E-state index contributed by atoms with van der Waals surface area (Å²) in [6, 6.07) is 23.8. The summed E-state index contributed by atoms with van der Waals surface area (Å²) in [6.07, 6.45) is 4.69. The zero-order chi connectivity index (χ0) is 27.9. The Morgan fingerprint density at radius 2 is 1.50 bits per heavy atom. The van der Waals surface area contributed by atoms with Crippen LogP contribution in [0.4, 0.5) is 5.69 Å². The average molecular weight is 579 g/mol. The van der Waals surface area contributed by atoms with E-state index in [1.54, 1.807) is 0 Å². The van der Waals surface area contributed by atoms with Crippen molar-refractivity contribution in [1.29, 1.82) is 0 Å². The smallest absolute Gasteiger partial charge is 0.230 e. The summed E-state index contributed by atoms with van der Waals surface area (Å²) < 4.78 is 0. The van der Waals surface area contributed by atoms with Crippen molar-refractivity contribution >= 4 is 40.7 Å². The first-order chi connectivity index (χ1) is 19.5. The molecule has 1 saturated carbocycles. The second kappa shape index (κ2) is 13.7. The van der Waals surface area contributed by atoms with E-state index in [9.17, 15) is 9.59 Å². The number of amides is 2. The quantitative estimate of drug-likeness (QED) is 0.317. The van der Waals surface area contributed by atoms with Gasteiger partial charge in [-0.2, -0.15) is 0 Å². The van der Waals surface area contributed by atoms with Gasteiger partial charge in [0.25, 0.3) is 0 Å². The number of para-hydroxylation sites is 1. The highest BCUT2D eigenvalue weighted by molar-refractivity contribution is 6.31. The van der Waals surface area contributed by atoms with Gasteiger partial charge in [-0.3, -0.25) is 14.5 Å². The SMILES string of the molecule is O=C(CCc1ccccc1Cl)N1CCCN(Cc2ccc(Cl)cc2)CCCN(C(=O)C2CC2)c2ccccc2C1. The van der Waals surface area contributed by atoms with Crippen molar-refractivity contribution in [2.24, 2.45) is 5.92 Å². The maximum absolute atomic E-state index is 13.6. The third kappa shape index (κ3) is 7.66. The summed E-state index contributed by atoms with van der Waals surface area (Å²) in [5, 5.41) is 1.43. The summed E-state index contributed by atoms with van der Waals surface area (Å²) in [4.78, 5) is 33.5. The van der Waals surface area contributed by atoms with Crippen molar-refractivity contribution in [2.45, 2.75) is 51.6 Å². The minimum absolute atomic E-state index is 0.108. The fraction of sp³-hybridized carbons (Fsp3) is 0.394. The predicted molar refractivity (Wildman–Crippen MR) is 163 cm³/mol. The van der Waals surface area contributed by atoms with Crippen molar-refractivity contribution in [2.75, 3.05) is 31.1 Å². The van der Waals surface area contributed by atoms with Crippen LogP contribution in [0.25, 0.3) is 0 Å². The van der Waals surface area contributed by atoms with Gasteiger partial charge in [0.05, 0.1) is 0 Å². The van der Waals surface area contributed by atoms with Crippen LogP contribution in [-0.4, -0.2) is 47.8 Å². The number of rotatable bonds is 6. The molecule has 1 heterocycles. The van der Waals surface area contributed by atoms with Crippen LogP contribution in [0.3, 0.4) is 0 Å². The lowest BCUT2D eigenvalue weighted by atomic mass is 10.1. The molecule has 40 heavy (non-hydrogen) atoms. The average Bonchev–Trinajstić information content (AvgIpc) is 3.80. The summed E-state index contributed by atoms with van der Waals surface area (Å²) in [7, 11) is 0. The second-order valence-electron chi connectivity index (χ2n) is 10.9. The van der Waals surface area contributed by atoms with Crippen LogP contribution in [-0.2, 0) is 29.1 Å². The van der Waals surface area contributed by atoms with Crippen LogP contribution in [0.2, 0.25) is 10.0 Å². The Bertz CT molecular complexity index is 1310. The van der Waals surface area contributed by atoms with Crippen LogP contribution >= 0.6 is 23.2 Å². The van der Waals surface area contributed by atoms with Gasteiger partial charge in [0, 0.05) is 67.3 Å². The summed E-state index contributed by atoms with van der Waals surface area (Å²) >= 11 is 12.5. The molecule has 7 heteroatoms. The first-order valence-electron chi connectivity index (χ1n) is 14.3. The third-order valence-electron chi connectivity index (χ3n) is 7.83. The number of halogens is 2. The summed E-state index contributed by atoms with van der Waals surface area (Å²) in [5.74, 6) is 0.445. The Labute approximate surface area is 247 Å². The number of carbonyl (C=O) groups is 2. The molecule has 0 bridgehead atoms. The van der Waals surface area contributed by atoms with E-state index >= 15 is 0 Å². The largest absolute Gasteiger partial charge is 0.338 e. The molecule has 2 amide bonds.